The highest BCUT2D eigenvalue weighted by Crippen LogP contribution is 2.44. The van der Waals surface area contributed by atoms with Gasteiger partial charge in [-0.2, -0.15) is 0 Å². The maximum absolute atomic E-state index is 6.05. The highest BCUT2D eigenvalue weighted by Gasteiger charge is 2.41. The highest BCUT2D eigenvalue weighted by molar-refractivity contribution is 7.11. The summed E-state index contributed by atoms with van der Waals surface area (Å²) in [4.78, 5) is 5.63. The first-order chi connectivity index (χ1) is 5.74. The zero-order valence-corrected chi connectivity index (χ0v) is 8.16. The molecular formula is C9H14N2S. The third kappa shape index (κ3) is 1.39. The van der Waals surface area contributed by atoms with Crippen molar-refractivity contribution >= 4 is 11.3 Å². The number of nitrogens with two attached hydrogens (primary N) is 1. The SMILES string of the molecule is CCCc1ncc(C2(N)CC2)s1. The summed E-state index contributed by atoms with van der Waals surface area (Å²) < 4.78 is 0. The minimum Gasteiger partial charge on any atom is -0.321 e. The van der Waals surface area contributed by atoms with Crippen LogP contribution in [0.4, 0.5) is 0 Å². The van der Waals surface area contributed by atoms with Gasteiger partial charge in [-0.1, -0.05) is 6.92 Å². The van der Waals surface area contributed by atoms with Crippen LogP contribution in [0.2, 0.25) is 0 Å². The van der Waals surface area contributed by atoms with Gasteiger partial charge >= 0.3 is 0 Å². The molecule has 1 aliphatic rings. The van der Waals surface area contributed by atoms with Gasteiger partial charge in [-0.25, -0.2) is 4.98 Å². The fraction of sp³-hybridized carbons (Fsp3) is 0.667. The topological polar surface area (TPSA) is 38.9 Å². The Morgan fingerprint density at radius 1 is 1.67 bits per heavy atom. The summed E-state index contributed by atoms with van der Waals surface area (Å²) in [5.41, 5.74) is 6.07. The molecule has 3 heteroatoms. The summed E-state index contributed by atoms with van der Waals surface area (Å²) in [5.74, 6) is 0. The van der Waals surface area contributed by atoms with Crippen LogP contribution in [0.1, 0.15) is 36.1 Å². The maximum Gasteiger partial charge on any atom is 0.0928 e. The quantitative estimate of drug-likeness (QED) is 0.777. The van der Waals surface area contributed by atoms with E-state index in [1.807, 2.05) is 6.20 Å². The molecule has 0 aliphatic heterocycles. The van der Waals surface area contributed by atoms with Gasteiger partial charge in [-0.05, 0) is 25.7 Å². The molecule has 0 bridgehead atoms. The van der Waals surface area contributed by atoms with Gasteiger partial charge in [-0.3, -0.25) is 0 Å². The van der Waals surface area contributed by atoms with Crippen molar-refractivity contribution in [2.75, 3.05) is 0 Å². The lowest BCUT2D eigenvalue weighted by Gasteiger charge is -2.01. The van der Waals surface area contributed by atoms with Gasteiger partial charge in [0.25, 0.3) is 0 Å². The number of aromatic nitrogens is 1. The van der Waals surface area contributed by atoms with E-state index >= 15 is 0 Å². The van der Waals surface area contributed by atoms with E-state index in [0.717, 1.165) is 19.3 Å². The second kappa shape index (κ2) is 2.82. The minimum atomic E-state index is 0.0175. The van der Waals surface area contributed by atoms with E-state index in [1.54, 1.807) is 11.3 Å². The van der Waals surface area contributed by atoms with Crippen LogP contribution in [0.3, 0.4) is 0 Å². The molecule has 0 saturated heterocycles. The Kier molecular flexibility index (Phi) is 1.93. The van der Waals surface area contributed by atoms with Gasteiger partial charge < -0.3 is 5.73 Å². The Morgan fingerprint density at radius 2 is 2.42 bits per heavy atom. The lowest BCUT2D eigenvalue weighted by atomic mass is 10.3. The lowest BCUT2D eigenvalue weighted by Crippen LogP contribution is -2.16. The first kappa shape index (κ1) is 8.20. The molecule has 1 aliphatic carbocycles. The van der Waals surface area contributed by atoms with Crippen molar-refractivity contribution in [2.45, 2.75) is 38.1 Å². The Bertz CT molecular complexity index is 276. The Balaban J connectivity index is 2.13. The molecule has 66 valence electrons. The second-order valence-electron chi connectivity index (χ2n) is 3.52. The molecule has 1 aromatic heterocycles. The van der Waals surface area contributed by atoms with E-state index in [9.17, 15) is 0 Å². The largest absolute Gasteiger partial charge is 0.321 e. The number of thiazole rings is 1. The maximum atomic E-state index is 6.05. The van der Waals surface area contributed by atoms with Crippen molar-refractivity contribution in [3.63, 3.8) is 0 Å². The first-order valence-electron chi connectivity index (χ1n) is 4.49. The van der Waals surface area contributed by atoms with Crippen molar-refractivity contribution in [1.29, 1.82) is 0 Å². The standard InChI is InChI=1S/C9H14N2S/c1-2-3-8-11-6-7(12-8)9(10)4-5-9/h6H,2-5,10H2,1H3. The second-order valence-corrected chi connectivity index (χ2v) is 4.64. The number of nitrogens with zero attached hydrogens (tertiary/aromatic N) is 1. The molecule has 0 unspecified atom stereocenters. The smallest absolute Gasteiger partial charge is 0.0928 e. The van der Waals surface area contributed by atoms with E-state index in [1.165, 1.54) is 16.3 Å². The number of aryl methyl sites for hydroxylation is 1. The van der Waals surface area contributed by atoms with Gasteiger partial charge in [0, 0.05) is 11.1 Å². The number of hydrogen-bond donors (Lipinski definition) is 1. The molecule has 0 radical (unpaired) electrons. The predicted octanol–water partition coefficient (Wildman–Crippen LogP) is 2.04. The normalized spacial score (nSPS) is 19.5. The van der Waals surface area contributed by atoms with Crippen LogP contribution < -0.4 is 5.73 Å². The average Bonchev–Trinajstić information content (AvgIpc) is 2.64. The summed E-state index contributed by atoms with van der Waals surface area (Å²) in [6.45, 7) is 2.18. The van der Waals surface area contributed by atoms with Crippen LogP contribution in [-0.2, 0) is 12.0 Å². The van der Waals surface area contributed by atoms with Gasteiger partial charge in [0.1, 0.15) is 0 Å². The highest BCUT2D eigenvalue weighted by atomic mass is 32.1. The first-order valence-corrected chi connectivity index (χ1v) is 5.30. The van der Waals surface area contributed by atoms with E-state index in [4.69, 9.17) is 5.73 Å². The monoisotopic (exact) mass is 182 g/mol. The van der Waals surface area contributed by atoms with Crippen LogP contribution in [-0.4, -0.2) is 4.98 Å². The fourth-order valence-electron chi connectivity index (χ4n) is 1.25. The summed E-state index contributed by atoms with van der Waals surface area (Å²) in [7, 11) is 0. The zero-order valence-electron chi connectivity index (χ0n) is 7.34. The summed E-state index contributed by atoms with van der Waals surface area (Å²) in [5, 5.41) is 1.24. The Hall–Kier alpha value is -0.410. The van der Waals surface area contributed by atoms with Crippen molar-refractivity contribution in [3.8, 4) is 0 Å². The number of hydrogen-bond acceptors (Lipinski definition) is 3. The fourth-order valence-corrected chi connectivity index (χ4v) is 2.43. The van der Waals surface area contributed by atoms with Crippen molar-refractivity contribution in [3.05, 3.63) is 16.1 Å². The molecule has 2 nitrogen and oxygen atoms in total. The molecule has 1 heterocycles. The van der Waals surface area contributed by atoms with E-state index < -0.39 is 0 Å². The minimum absolute atomic E-state index is 0.0175. The molecule has 0 atom stereocenters. The van der Waals surface area contributed by atoms with Crippen LogP contribution in [0.5, 0.6) is 0 Å². The molecule has 0 spiro atoms. The van der Waals surface area contributed by atoms with Gasteiger partial charge in [-0.15, -0.1) is 11.3 Å². The van der Waals surface area contributed by atoms with Crippen molar-refractivity contribution < 1.29 is 0 Å². The predicted molar refractivity (Wildman–Crippen MR) is 51.2 cm³/mol. The molecule has 0 aromatic carbocycles. The third-order valence-electron chi connectivity index (χ3n) is 2.30. The summed E-state index contributed by atoms with van der Waals surface area (Å²) in [6, 6.07) is 0. The molecule has 1 fully saturated rings. The average molecular weight is 182 g/mol. The summed E-state index contributed by atoms with van der Waals surface area (Å²) >= 11 is 1.79. The van der Waals surface area contributed by atoms with E-state index in [2.05, 4.69) is 11.9 Å². The van der Waals surface area contributed by atoms with Gasteiger partial charge in [0.05, 0.1) is 10.5 Å². The van der Waals surface area contributed by atoms with Crippen LogP contribution >= 0.6 is 11.3 Å². The van der Waals surface area contributed by atoms with Gasteiger partial charge in [0.15, 0.2) is 0 Å². The molecule has 1 saturated carbocycles. The van der Waals surface area contributed by atoms with Crippen molar-refractivity contribution in [2.24, 2.45) is 5.73 Å². The molecule has 1 aromatic rings. The number of rotatable bonds is 3. The van der Waals surface area contributed by atoms with E-state index in [0.29, 0.717) is 0 Å². The molecule has 2 N–H and O–H groups in total. The zero-order chi connectivity index (χ0) is 8.60. The van der Waals surface area contributed by atoms with Crippen molar-refractivity contribution in [1.82, 2.24) is 4.98 Å². The van der Waals surface area contributed by atoms with Crippen LogP contribution in [0.15, 0.2) is 6.20 Å². The third-order valence-corrected chi connectivity index (χ3v) is 3.57. The molecular weight excluding hydrogens is 168 g/mol. The van der Waals surface area contributed by atoms with Crippen LogP contribution in [0.25, 0.3) is 0 Å². The Morgan fingerprint density at radius 3 is 3.00 bits per heavy atom. The van der Waals surface area contributed by atoms with E-state index in [-0.39, 0.29) is 5.54 Å². The molecule has 12 heavy (non-hydrogen) atoms. The molecule has 0 amide bonds. The molecule has 2 rings (SSSR count). The summed E-state index contributed by atoms with van der Waals surface area (Å²) in [6.07, 6.45) is 6.51. The van der Waals surface area contributed by atoms with Gasteiger partial charge in [0.2, 0.25) is 0 Å². The Labute approximate surface area is 76.8 Å². The van der Waals surface area contributed by atoms with Crippen LogP contribution in [0, 0.1) is 0 Å². The lowest BCUT2D eigenvalue weighted by molar-refractivity contribution is 0.756.